The van der Waals surface area contributed by atoms with Crippen LogP contribution in [0, 0.1) is 6.92 Å². The molecule has 1 fully saturated rings. The second kappa shape index (κ2) is 8.21. The number of pyridine rings is 1. The average Bonchev–Trinajstić information content (AvgIpc) is 3.26. The fourth-order valence-electron chi connectivity index (χ4n) is 3.65. The third kappa shape index (κ3) is 4.25. The van der Waals surface area contributed by atoms with Crippen molar-refractivity contribution < 1.29 is 9.59 Å². The van der Waals surface area contributed by atoms with Crippen molar-refractivity contribution in [1.29, 1.82) is 0 Å². The number of rotatable bonds is 4. The third-order valence-electron chi connectivity index (χ3n) is 5.25. The molecule has 0 spiro atoms. The van der Waals surface area contributed by atoms with Gasteiger partial charge in [0, 0.05) is 34.6 Å². The number of hydrogen-bond donors (Lipinski definition) is 1. The number of aromatic nitrogens is 1. The van der Waals surface area contributed by atoms with Gasteiger partial charge in [-0.2, -0.15) is 0 Å². The number of amides is 2. The molecule has 0 atom stereocenters. The number of halogens is 1. The number of carbonyl (C=O) groups excluding carboxylic acids is 2. The Hall–Kier alpha value is -2.92. The molecule has 2 heterocycles. The zero-order valence-electron chi connectivity index (χ0n) is 16.2. The van der Waals surface area contributed by atoms with E-state index in [1.807, 2.05) is 36.1 Å². The summed E-state index contributed by atoms with van der Waals surface area (Å²) >= 11 is 6.00. The number of nitrogens with one attached hydrogen (secondary N) is 1. The van der Waals surface area contributed by atoms with Crippen molar-refractivity contribution in [3.05, 3.63) is 75.9 Å². The summed E-state index contributed by atoms with van der Waals surface area (Å²) in [5.74, 6) is -0.140. The summed E-state index contributed by atoms with van der Waals surface area (Å²) in [7, 11) is 0. The Kier molecular flexibility index (Phi) is 5.49. The minimum atomic E-state index is -0.189. The van der Waals surface area contributed by atoms with Gasteiger partial charge in [-0.25, -0.2) is 0 Å². The van der Waals surface area contributed by atoms with E-state index in [-0.39, 0.29) is 11.8 Å². The highest BCUT2D eigenvalue weighted by molar-refractivity contribution is 6.31. The van der Waals surface area contributed by atoms with Gasteiger partial charge in [-0.1, -0.05) is 17.7 Å². The van der Waals surface area contributed by atoms with Crippen molar-refractivity contribution in [2.75, 3.05) is 13.1 Å². The van der Waals surface area contributed by atoms with Gasteiger partial charge in [-0.3, -0.25) is 14.6 Å². The number of nitrogens with zero attached hydrogens (tertiary/aromatic N) is 2. The number of likely N-dealkylation sites (tertiary alicyclic amines) is 1. The fourth-order valence-corrected chi connectivity index (χ4v) is 3.83. The lowest BCUT2D eigenvalue weighted by molar-refractivity contribution is 0.0791. The first-order chi connectivity index (χ1) is 14.0. The van der Waals surface area contributed by atoms with Crippen LogP contribution in [0.5, 0.6) is 0 Å². The van der Waals surface area contributed by atoms with Crippen LogP contribution in [0.15, 0.2) is 48.5 Å². The highest BCUT2D eigenvalue weighted by Crippen LogP contribution is 2.19. The van der Waals surface area contributed by atoms with Crippen LogP contribution in [0.25, 0.3) is 10.9 Å². The van der Waals surface area contributed by atoms with Gasteiger partial charge < -0.3 is 10.2 Å². The average molecular weight is 408 g/mol. The van der Waals surface area contributed by atoms with Crippen LogP contribution in [-0.4, -0.2) is 34.8 Å². The van der Waals surface area contributed by atoms with Crippen molar-refractivity contribution in [3.8, 4) is 0 Å². The second-order valence-corrected chi connectivity index (χ2v) is 7.79. The molecule has 0 aliphatic carbocycles. The van der Waals surface area contributed by atoms with Crippen molar-refractivity contribution in [3.63, 3.8) is 0 Å². The van der Waals surface area contributed by atoms with Crippen molar-refractivity contribution in [2.24, 2.45) is 0 Å². The Morgan fingerprint density at radius 3 is 2.62 bits per heavy atom. The summed E-state index contributed by atoms with van der Waals surface area (Å²) in [5.41, 5.74) is 3.62. The maximum absolute atomic E-state index is 12.6. The summed E-state index contributed by atoms with van der Waals surface area (Å²) in [4.78, 5) is 31.6. The van der Waals surface area contributed by atoms with E-state index < -0.39 is 0 Å². The van der Waals surface area contributed by atoms with Gasteiger partial charge >= 0.3 is 0 Å². The van der Waals surface area contributed by atoms with E-state index in [2.05, 4.69) is 10.3 Å². The van der Waals surface area contributed by atoms with Crippen LogP contribution >= 0.6 is 11.6 Å². The SMILES string of the molecule is Cc1cc(C(=O)NCc2ccc3cc(Cl)ccc3n2)ccc1C(=O)N1CCCC1. The molecule has 4 rings (SSSR count). The van der Waals surface area contributed by atoms with Crippen LogP contribution in [0.1, 0.15) is 44.8 Å². The van der Waals surface area contributed by atoms with E-state index in [1.54, 1.807) is 24.3 Å². The van der Waals surface area contributed by atoms with Gasteiger partial charge in [0.15, 0.2) is 0 Å². The largest absolute Gasteiger partial charge is 0.346 e. The normalized spacial score (nSPS) is 13.7. The first-order valence-electron chi connectivity index (χ1n) is 9.74. The molecule has 1 aliphatic rings. The van der Waals surface area contributed by atoms with Crippen LogP contribution in [0.2, 0.25) is 5.02 Å². The monoisotopic (exact) mass is 407 g/mol. The number of fused-ring (bicyclic) bond motifs is 1. The molecule has 0 bridgehead atoms. The second-order valence-electron chi connectivity index (χ2n) is 7.35. The van der Waals surface area contributed by atoms with E-state index >= 15 is 0 Å². The molecule has 0 saturated carbocycles. The molecule has 2 aromatic carbocycles. The molecule has 5 nitrogen and oxygen atoms in total. The molecule has 1 N–H and O–H groups in total. The predicted octanol–water partition coefficient (Wildman–Crippen LogP) is 4.36. The van der Waals surface area contributed by atoms with E-state index in [0.717, 1.165) is 48.1 Å². The number of benzene rings is 2. The van der Waals surface area contributed by atoms with Crippen LogP contribution in [0.3, 0.4) is 0 Å². The lowest BCUT2D eigenvalue weighted by atomic mass is 10.0. The van der Waals surface area contributed by atoms with Gasteiger partial charge in [0.05, 0.1) is 17.8 Å². The summed E-state index contributed by atoms with van der Waals surface area (Å²) in [6.45, 7) is 3.82. The zero-order valence-corrected chi connectivity index (χ0v) is 17.0. The minimum Gasteiger partial charge on any atom is -0.346 e. The molecule has 1 saturated heterocycles. The van der Waals surface area contributed by atoms with Crippen molar-refractivity contribution in [2.45, 2.75) is 26.3 Å². The Labute approximate surface area is 174 Å². The zero-order chi connectivity index (χ0) is 20.4. The fraction of sp³-hybridized carbons (Fsp3) is 0.261. The lowest BCUT2D eigenvalue weighted by Crippen LogP contribution is -2.28. The number of hydrogen-bond acceptors (Lipinski definition) is 3. The van der Waals surface area contributed by atoms with Crippen LogP contribution in [-0.2, 0) is 6.54 Å². The summed E-state index contributed by atoms with van der Waals surface area (Å²) in [5, 5.41) is 4.53. The highest BCUT2D eigenvalue weighted by Gasteiger charge is 2.21. The van der Waals surface area contributed by atoms with E-state index in [4.69, 9.17) is 11.6 Å². The lowest BCUT2D eigenvalue weighted by Gasteiger charge is -2.17. The molecule has 0 unspecified atom stereocenters. The van der Waals surface area contributed by atoms with Gasteiger partial charge in [0.2, 0.25) is 0 Å². The predicted molar refractivity (Wildman–Crippen MR) is 114 cm³/mol. The highest BCUT2D eigenvalue weighted by atomic mass is 35.5. The molecule has 2 amide bonds. The molecular formula is C23H22ClN3O2. The van der Waals surface area contributed by atoms with Gasteiger partial charge in [-0.15, -0.1) is 0 Å². The maximum atomic E-state index is 12.6. The standard InChI is InChI=1S/C23H22ClN3O2/c1-15-12-17(5-8-20(15)23(29)27-10-2-3-11-27)22(28)25-14-19-7-4-16-13-18(24)6-9-21(16)26-19/h4-9,12-13H,2-3,10-11,14H2,1H3,(H,25,28). The minimum absolute atomic E-state index is 0.0485. The smallest absolute Gasteiger partial charge is 0.254 e. The topological polar surface area (TPSA) is 62.3 Å². The van der Waals surface area contributed by atoms with Crippen molar-refractivity contribution >= 4 is 34.3 Å². The molecule has 6 heteroatoms. The Balaban J connectivity index is 1.43. The van der Waals surface area contributed by atoms with Gasteiger partial charge in [0.1, 0.15) is 0 Å². The Morgan fingerprint density at radius 1 is 1.07 bits per heavy atom. The molecule has 148 valence electrons. The summed E-state index contributed by atoms with van der Waals surface area (Å²) < 4.78 is 0. The Bertz CT molecular complexity index is 1090. The number of aryl methyl sites for hydroxylation is 1. The summed E-state index contributed by atoms with van der Waals surface area (Å²) in [6, 6.07) is 14.6. The maximum Gasteiger partial charge on any atom is 0.254 e. The van der Waals surface area contributed by atoms with Crippen molar-refractivity contribution in [1.82, 2.24) is 15.2 Å². The van der Waals surface area contributed by atoms with Gasteiger partial charge in [-0.05, 0) is 67.8 Å². The molecule has 0 radical (unpaired) electrons. The molecule has 3 aromatic rings. The molecule has 1 aromatic heterocycles. The quantitative estimate of drug-likeness (QED) is 0.698. The van der Waals surface area contributed by atoms with E-state index in [0.29, 0.717) is 22.7 Å². The molecule has 29 heavy (non-hydrogen) atoms. The van der Waals surface area contributed by atoms with Crippen LogP contribution < -0.4 is 5.32 Å². The first kappa shape index (κ1) is 19.4. The Morgan fingerprint density at radius 2 is 1.86 bits per heavy atom. The van der Waals surface area contributed by atoms with E-state index in [1.165, 1.54) is 0 Å². The van der Waals surface area contributed by atoms with Gasteiger partial charge in [0.25, 0.3) is 11.8 Å². The third-order valence-corrected chi connectivity index (χ3v) is 5.49. The van der Waals surface area contributed by atoms with E-state index in [9.17, 15) is 9.59 Å². The molecule has 1 aliphatic heterocycles. The molecular weight excluding hydrogens is 386 g/mol. The van der Waals surface area contributed by atoms with Crippen LogP contribution in [0.4, 0.5) is 0 Å². The summed E-state index contributed by atoms with van der Waals surface area (Å²) in [6.07, 6.45) is 2.11. The number of carbonyl (C=O) groups is 2. The first-order valence-corrected chi connectivity index (χ1v) is 10.1.